The molecule has 0 saturated heterocycles. The Morgan fingerprint density at radius 3 is 2.00 bits per heavy atom. The Bertz CT molecular complexity index is 1130. The third kappa shape index (κ3) is 7.19. The number of anilines is 2. The number of amides is 2. The maximum Gasteiger partial charge on any atom is 0.255 e. The highest BCUT2D eigenvalue weighted by Crippen LogP contribution is 2.29. The van der Waals surface area contributed by atoms with Crippen LogP contribution in [-0.4, -0.2) is 44.0 Å². The van der Waals surface area contributed by atoms with Crippen molar-refractivity contribution in [3.05, 3.63) is 89.0 Å². The molecule has 2 N–H and O–H groups in total. The van der Waals surface area contributed by atoms with Gasteiger partial charge in [-0.3, -0.25) is 9.59 Å². The van der Waals surface area contributed by atoms with E-state index in [1.807, 2.05) is 64.3 Å². The molecular formula is C27H31N3O3. The van der Waals surface area contributed by atoms with E-state index in [1.165, 1.54) is 0 Å². The Morgan fingerprint density at radius 1 is 0.818 bits per heavy atom. The van der Waals surface area contributed by atoms with Gasteiger partial charge >= 0.3 is 0 Å². The number of carbonyl (C=O) groups excluding carboxylic acids is 2. The molecule has 3 rings (SSSR count). The molecule has 0 atom stereocenters. The van der Waals surface area contributed by atoms with Crippen molar-refractivity contribution in [2.75, 3.05) is 37.9 Å². The minimum Gasteiger partial charge on any atom is -0.491 e. The average Bonchev–Trinajstić information content (AvgIpc) is 2.77. The van der Waals surface area contributed by atoms with E-state index in [1.54, 1.807) is 30.3 Å². The van der Waals surface area contributed by atoms with Gasteiger partial charge < -0.3 is 20.3 Å². The van der Waals surface area contributed by atoms with Crippen LogP contribution < -0.4 is 15.4 Å². The second-order valence-electron chi connectivity index (χ2n) is 8.36. The summed E-state index contributed by atoms with van der Waals surface area (Å²) in [5.74, 6) is 0.108. The molecule has 0 aliphatic heterocycles. The van der Waals surface area contributed by atoms with Crippen LogP contribution in [0.4, 0.5) is 11.4 Å². The summed E-state index contributed by atoms with van der Waals surface area (Å²) in [4.78, 5) is 27.6. The fraction of sp³-hybridized carbons (Fsp3) is 0.259. The van der Waals surface area contributed by atoms with E-state index in [0.29, 0.717) is 34.9 Å². The Balaban J connectivity index is 1.80. The number of nitrogens with zero attached hydrogens (tertiary/aromatic N) is 1. The van der Waals surface area contributed by atoms with Crippen LogP contribution in [0, 0.1) is 13.8 Å². The number of carbonyl (C=O) groups is 2. The zero-order chi connectivity index (χ0) is 23.8. The molecule has 6 nitrogen and oxygen atoms in total. The van der Waals surface area contributed by atoms with Crippen LogP contribution in [0.15, 0.2) is 66.7 Å². The van der Waals surface area contributed by atoms with Crippen LogP contribution in [0.1, 0.15) is 38.3 Å². The molecule has 6 heteroatoms. The number of rotatable bonds is 9. The summed E-state index contributed by atoms with van der Waals surface area (Å²) in [7, 11) is 4.03. The number of hydrogen-bond donors (Lipinski definition) is 2. The summed E-state index contributed by atoms with van der Waals surface area (Å²) in [6.45, 7) is 5.30. The van der Waals surface area contributed by atoms with Gasteiger partial charge in [0.15, 0.2) is 0 Å². The first kappa shape index (κ1) is 24.0. The van der Waals surface area contributed by atoms with E-state index in [2.05, 4.69) is 15.5 Å². The zero-order valence-corrected chi connectivity index (χ0v) is 19.6. The molecule has 2 amide bonds. The largest absolute Gasteiger partial charge is 0.491 e. The van der Waals surface area contributed by atoms with E-state index in [9.17, 15) is 9.59 Å². The lowest BCUT2D eigenvalue weighted by Gasteiger charge is -2.16. The molecule has 0 aliphatic carbocycles. The van der Waals surface area contributed by atoms with Crippen molar-refractivity contribution in [3.8, 4) is 5.75 Å². The van der Waals surface area contributed by atoms with Gasteiger partial charge in [0, 0.05) is 23.4 Å². The van der Waals surface area contributed by atoms with Crippen molar-refractivity contribution in [3.63, 3.8) is 0 Å². The molecule has 0 fully saturated rings. The molecule has 0 saturated carbocycles. The Morgan fingerprint density at radius 2 is 1.42 bits per heavy atom. The molecule has 0 radical (unpaired) electrons. The predicted octanol–water partition coefficient (Wildman–Crippen LogP) is 5.14. The van der Waals surface area contributed by atoms with Crippen molar-refractivity contribution in [2.24, 2.45) is 0 Å². The van der Waals surface area contributed by atoms with Gasteiger partial charge in [0.2, 0.25) is 0 Å². The van der Waals surface area contributed by atoms with Crippen molar-refractivity contribution in [1.82, 2.24) is 4.90 Å². The number of hydrogen-bond acceptors (Lipinski definition) is 4. The maximum absolute atomic E-state index is 12.9. The van der Waals surface area contributed by atoms with Crippen LogP contribution >= 0.6 is 0 Å². The van der Waals surface area contributed by atoms with E-state index in [0.717, 1.165) is 24.1 Å². The van der Waals surface area contributed by atoms with Gasteiger partial charge in [0.05, 0.1) is 12.3 Å². The molecule has 0 spiro atoms. The molecule has 3 aromatic rings. The van der Waals surface area contributed by atoms with Crippen LogP contribution in [0.25, 0.3) is 0 Å². The molecular weight excluding hydrogens is 414 g/mol. The lowest BCUT2D eigenvalue weighted by Crippen LogP contribution is -2.17. The quantitative estimate of drug-likeness (QED) is 0.448. The molecule has 0 bridgehead atoms. The first-order chi connectivity index (χ1) is 15.8. The number of aryl methyl sites for hydroxylation is 2. The van der Waals surface area contributed by atoms with Gasteiger partial charge in [-0.2, -0.15) is 0 Å². The molecule has 172 valence electrons. The molecule has 3 aromatic carbocycles. The lowest BCUT2D eigenvalue weighted by molar-refractivity contribution is 0.101. The Labute approximate surface area is 195 Å². The lowest BCUT2D eigenvalue weighted by atomic mass is 10.1. The summed E-state index contributed by atoms with van der Waals surface area (Å²) in [5.41, 5.74) is 4.22. The van der Waals surface area contributed by atoms with Crippen molar-refractivity contribution in [2.45, 2.75) is 20.3 Å². The van der Waals surface area contributed by atoms with Gasteiger partial charge in [-0.05, 0) is 76.8 Å². The van der Waals surface area contributed by atoms with E-state index < -0.39 is 0 Å². The van der Waals surface area contributed by atoms with Gasteiger partial charge in [0.25, 0.3) is 11.8 Å². The van der Waals surface area contributed by atoms with Crippen molar-refractivity contribution in [1.29, 1.82) is 0 Å². The van der Waals surface area contributed by atoms with Crippen LogP contribution in [-0.2, 0) is 0 Å². The highest BCUT2D eigenvalue weighted by Gasteiger charge is 2.13. The molecule has 0 heterocycles. The summed E-state index contributed by atoms with van der Waals surface area (Å²) in [6.07, 6.45) is 0.851. The topological polar surface area (TPSA) is 70.7 Å². The minimum atomic E-state index is -0.237. The van der Waals surface area contributed by atoms with E-state index in [-0.39, 0.29) is 11.8 Å². The van der Waals surface area contributed by atoms with Gasteiger partial charge in [-0.15, -0.1) is 0 Å². The Kier molecular flexibility index (Phi) is 8.22. The number of benzene rings is 3. The monoisotopic (exact) mass is 445 g/mol. The third-order valence-corrected chi connectivity index (χ3v) is 5.05. The van der Waals surface area contributed by atoms with Gasteiger partial charge in [-0.1, -0.05) is 35.4 Å². The predicted molar refractivity (Wildman–Crippen MR) is 133 cm³/mol. The smallest absolute Gasteiger partial charge is 0.255 e. The summed E-state index contributed by atoms with van der Waals surface area (Å²) in [5, 5.41) is 5.85. The number of ether oxygens (including phenoxy) is 1. The van der Waals surface area contributed by atoms with Crippen LogP contribution in [0.3, 0.4) is 0 Å². The molecule has 0 aliphatic rings. The highest BCUT2D eigenvalue weighted by atomic mass is 16.5. The van der Waals surface area contributed by atoms with Crippen LogP contribution in [0.5, 0.6) is 5.75 Å². The second kappa shape index (κ2) is 11.3. The SMILES string of the molecule is Cc1cccc(C(=O)Nc2ccc(OCCCN(C)C)c(NC(=O)c3cccc(C)c3)c2)c1. The standard InChI is InChI=1S/C27H31N3O3/c1-19-8-5-10-21(16-19)26(31)28-23-12-13-25(33-15-7-14-30(3)4)24(18-23)29-27(32)22-11-6-9-20(2)17-22/h5-6,8-13,16-18H,7,14-15H2,1-4H3,(H,28,31)(H,29,32). The molecule has 33 heavy (non-hydrogen) atoms. The van der Waals surface area contributed by atoms with Crippen molar-refractivity contribution >= 4 is 23.2 Å². The Hall–Kier alpha value is -3.64. The third-order valence-electron chi connectivity index (χ3n) is 5.05. The fourth-order valence-corrected chi connectivity index (χ4v) is 3.36. The highest BCUT2D eigenvalue weighted by molar-refractivity contribution is 6.07. The summed E-state index contributed by atoms with van der Waals surface area (Å²) in [6, 6.07) is 20.1. The van der Waals surface area contributed by atoms with Crippen molar-refractivity contribution < 1.29 is 14.3 Å². The second-order valence-corrected chi connectivity index (χ2v) is 8.36. The average molecular weight is 446 g/mol. The molecule has 0 unspecified atom stereocenters. The minimum absolute atomic E-state index is 0.214. The first-order valence-corrected chi connectivity index (χ1v) is 11.0. The maximum atomic E-state index is 12.9. The van der Waals surface area contributed by atoms with E-state index in [4.69, 9.17) is 4.74 Å². The molecule has 0 aromatic heterocycles. The fourth-order valence-electron chi connectivity index (χ4n) is 3.36. The van der Waals surface area contributed by atoms with Crippen LogP contribution in [0.2, 0.25) is 0 Å². The van der Waals surface area contributed by atoms with Gasteiger partial charge in [0.1, 0.15) is 5.75 Å². The van der Waals surface area contributed by atoms with Gasteiger partial charge in [-0.25, -0.2) is 0 Å². The normalized spacial score (nSPS) is 10.7. The summed E-state index contributed by atoms with van der Waals surface area (Å²) < 4.78 is 5.95. The first-order valence-electron chi connectivity index (χ1n) is 11.0. The summed E-state index contributed by atoms with van der Waals surface area (Å²) >= 11 is 0. The van der Waals surface area contributed by atoms with E-state index >= 15 is 0 Å². The number of nitrogens with one attached hydrogen (secondary N) is 2. The zero-order valence-electron chi connectivity index (χ0n) is 19.6.